The number of likely N-dealkylation sites (tertiary alicyclic amines) is 1. The Morgan fingerprint density at radius 3 is 2.89 bits per heavy atom. The summed E-state index contributed by atoms with van der Waals surface area (Å²) in [6.07, 6.45) is 3.83. The van der Waals surface area contributed by atoms with Crippen molar-refractivity contribution in [2.75, 3.05) is 19.7 Å². The van der Waals surface area contributed by atoms with Crippen LogP contribution in [0.25, 0.3) is 0 Å². The van der Waals surface area contributed by atoms with Crippen molar-refractivity contribution in [3.63, 3.8) is 0 Å². The van der Waals surface area contributed by atoms with E-state index in [0.717, 1.165) is 24.6 Å². The number of aliphatic hydroxyl groups excluding tert-OH is 1. The van der Waals surface area contributed by atoms with E-state index < -0.39 is 0 Å². The number of hydrogen-bond donors (Lipinski definition) is 1. The van der Waals surface area contributed by atoms with Gasteiger partial charge in [-0.25, -0.2) is 4.98 Å². The minimum atomic E-state index is 0.0678. The van der Waals surface area contributed by atoms with Crippen LogP contribution in [0.5, 0.6) is 0 Å². The van der Waals surface area contributed by atoms with Gasteiger partial charge in [0, 0.05) is 24.9 Å². The largest absolute Gasteiger partial charge is 0.449 e. The molecule has 1 aliphatic heterocycles. The monoisotopic (exact) mass is 252 g/mol. The number of nitrogens with zero attached hydrogens (tertiary/aromatic N) is 2. The lowest BCUT2D eigenvalue weighted by molar-refractivity contribution is 0.262. The van der Waals surface area contributed by atoms with E-state index in [1.54, 1.807) is 6.26 Å². The van der Waals surface area contributed by atoms with Crippen molar-refractivity contribution in [1.29, 1.82) is 0 Å². The molecule has 2 atom stereocenters. The van der Waals surface area contributed by atoms with E-state index in [9.17, 15) is 0 Å². The fraction of sp³-hybridized carbons (Fsp3) is 0.786. The topological polar surface area (TPSA) is 49.5 Å². The van der Waals surface area contributed by atoms with Gasteiger partial charge in [0.2, 0.25) is 0 Å². The van der Waals surface area contributed by atoms with Crippen LogP contribution in [0.1, 0.15) is 44.7 Å². The van der Waals surface area contributed by atoms with E-state index in [0.29, 0.717) is 12.0 Å². The molecule has 2 unspecified atom stereocenters. The Hall–Kier alpha value is -0.870. The van der Waals surface area contributed by atoms with E-state index in [4.69, 9.17) is 9.52 Å². The third-order valence-corrected chi connectivity index (χ3v) is 3.86. The highest BCUT2D eigenvalue weighted by atomic mass is 16.3. The average Bonchev–Trinajstić information content (AvgIpc) is 2.98. The molecule has 1 fully saturated rings. The molecule has 1 aromatic heterocycles. The molecule has 0 bridgehead atoms. The van der Waals surface area contributed by atoms with Crippen LogP contribution in [0.3, 0.4) is 0 Å². The van der Waals surface area contributed by atoms with Gasteiger partial charge in [-0.2, -0.15) is 0 Å². The summed E-state index contributed by atoms with van der Waals surface area (Å²) in [4.78, 5) is 6.97. The highest BCUT2D eigenvalue weighted by Gasteiger charge is 2.25. The molecule has 0 aromatic carbocycles. The summed E-state index contributed by atoms with van der Waals surface area (Å²) < 4.78 is 5.50. The maximum atomic E-state index is 9.09. The minimum Gasteiger partial charge on any atom is -0.449 e. The van der Waals surface area contributed by atoms with Crippen molar-refractivity contribution in [1.82, 2.24) is 9.88 Å². The first-order chi connectivity index (χ1) is 8.60. The summed E-state index contributed by atoms with van der Waals surface area (Å²) in [5.41, 5.74) is 0.867. The van der Waals surface area contributed by atoms with Crippen molar-refractivity contribution in [2.45, 2.75) is 45.6 Å². The predicted octanol–water partition coefficient (Wildman–Crippen LogP) is 2.04. The first kappa shape index (κ1) is 13.6. The molecular formula is C14H24N2O2. The van der Waals surface area contributed by atoms with Gasteiger partial charge in [0.05, 0.1) is 12.3 Å². The summed E-state index contributed by atoms with van der Waals surface area (Å²) in [5.74, 6) is 1.54. The van der Waals surface area contributed by atoms with Gasteiger partial charge in [-0.1, -0.05) is 6.92 Å². The number of hydrogen-bond acceptors (Lipinski definition) is 4. The lowest BCUT2D eigenvalue weighted by Crippen LogP contribution is -2.28. The van der Waals surface area contributed by atoms with Gasteiger partial charge in [0.1, 0.15) is 6.26 Å². The van der Waals surface area contributed by atoms with Crippen LogP contribution in [0.2, 0.25) is 0 Å². The van der Waals surface area contributed by atoms with Gasteiger partial charge in [-0.3, -0.25) is 0 Å². The molecule has 0 radical (unpaired) electrons. The van der Waals surface area contributed by atoms with Crippen LogP contribution in [-0.4, -0.2) is 40.7 Å². The van der Waals surface area contributed by atoms with E-state index in [-0.39, 0.29) is 12.5 Å². The Balaban J connectivity index is 1.89. The maximum Gasteiger partial charge on any atom is 0.194 e. The molecule has 102 valence electrons. The van der Waals surface area contributed by atoms with Gasteiger partial charge in [-0.15, -0.1) is 0 Å². The quantitative estimate of drug-likeness (QED) is 0.871. The third kappa shape index (κ3) is 3.12. The molecule has 0 aliphatic carbocycles. The van der Waals surface area contributed by atoms with Crippen molar-refractivity contribution in [2.24, 2.45) is 5.92 Å². The zero-order valence-electron chi connectivity index (χ0n) is 11.6. The lowest BCUT2D eigenvalue weighted by atomic mass is 10.1. The SMILES string of the molecule is CC(CO)c1coc(CC2CCN(C(C)C)C2)n1. The molecule has 18 heavy (non-hydrogen) atoms. The van der Waals surface area contributed by atoms with Gasteiger partial charge in [-0.05, 0) is 32.7 Å². The summed E-state index contributed by atoms with van der Waals surface area (Å²) in [5, 5.41) is 9.09. The smallest absolute Gasteiger partial charge is 0.194 e. The molecule has 2 rings (SSSR count). The normalized spacial score (nSPS) is 22.8. The first-order valence-corrected chi connectivity index (χ1v) is 6.89. The molecular weight excluding hydrogens is 228 g/mol. The highest BCUT2D eigenvalue weighted by molar-refractivity contribution is 5.03. The summed E-state index contributed by atoms with van der Waals surface area (Å²) in [6.45, 7) is 8.89. The molecule has 0 saturated carbocycles. The fourth-order valence-electron chi connectivity index (χ4n) is 2.48. The maximum absolute atomic E-state index is 9.09. The fourth-order valence-corrected chi connectivity index (χ4v) is 2.48. The molecule has 4 heteroatoms. The van der Waals surface area contributed by atoms with Gasteiger partial charge >= 0.3 is 0 Å². The minimum absolute atomic E-state index is 0.0678. The van der Waals surface area contributed by atoms with E-state index in [2.05, 4.69) is 23.7 Å². The Morgan fingerprint density at radius 1 is 1.50 bits per heavy atom. The second-order valence-electron chi connectivity index (χ2n) is 5.70. The van der Waals surface area contributed by atoms with Crippen molar-refractivity contribution in [3.8, 4) is 0 Å². The van der Waals surface area contributed by atoms with Crippen LogP contribution in [0, 0.1) is 5.92 Å². The standard InChI is InChI=1S/C14H24N2O2/c1-10(2)16-5-4-12(7-16)6-14-15-13(9-18-14)11(3)8-17/h9-12,17H,4-8H2,1-3H3. The zero-order chi connectivity index (χ0) is 13.1. The highest BCUT2D eigenvalue weighted by Crippen LogP contribution is 2.23. The van der Waals surface area contributed by atoms with Crippen molar-refractivity contribution >= 4 is 0 Å². The number of oxazole rings is 1. The Bertz CT molecular complexity index is 376. The molecule has 0 amide bonds. The Labute approximate surface area is 109 Å². The van der Waals surface area contributed by atoms with Crippen LogP contribution in [0.4, 0.5) is 0 Å². The molecule has 4 nitrogen and oxygen atoms in total. The van der Waals surface area contributed by atoms with Crippen LogP contribution in [0.15, 0.2) is 10.7 Å². The van der Waals surface area contributed by atoms with Crippen molar-refractivity contribution in [3.05, 3.63) is 17.8 Å². The number of rotatable bonds is 5. The van der Waals surface area contributed by atoms with Gasteiger partial charge in [0.15, 0.2) is 5.89 Å². The van der Waals surface area contributed by atoms with Crippen LogP contribution in [-0.2, 0) is 6.42 Å². The molecule has 2 heterocycles. The summed E-state index contributed by atoms with van der Waals surface area (Å²) in [7, 11) is 0. The summed E-state index contributed by atoms with van der Waals surface area (Å²) in [6, 6.07) is 0.629. The Kier molecular flexibility index (Phi) is 4.40. The third-order valence-electron chi connectivity index (χ3n) is 3.86. The molecule has 1 aromatic rings. The van der Waals surface area contributed by atoms with Gasteiger partial charge < -0.3 is 14.4 Å². The molecule has 0 spiro atoms. The summed E-state index contributed by atoms with van der Waals surface area (Å²) >= 11 is 0. The second kappa shape index (κ2) is 5.85. The average molecular weight is 252 g/mol. The predicted molar refractivity (Wildman–Crippen MR) is 70.5 cm³/mol. The molecule has 1 aliphatic rings. The molecule has 1 N–H and O–H groups in total. The first-order valence-electron chi connectivity index (χ1n) is 6.89. The Morgan fingerprint density at radius 2 is 2.28 bits per heavy atom. The number of aliphatic hydroxyl groups is 1. The molecule has 1 saturated heterocycles. The van der Waals surface area contributed by atoms with Gasteiger partial charge in [0.25, 0.3) is 0 Å². The van der Waals surface area contributed by atoms with Crippen molar-refractivity contribution < 1.29 is 9.52 Å². The number of aromatic nitrogens is 1. The van der Waals surface area contributed by atoms with Crippen LogP contribution < -0.4 is 0 Å². The van der Waals surface area contributed by atoms with E-state index in [1.165, 1.54) is 13.0 Å². The van der Waals surface area contributed by atoms with E-state index >= 15 is 0 Å². The second-order valence-corrected chi connectivity index (χ2v) is 5.70. The zero-order valence-corrected chi connectivity index (χ0v) is 11.6. The van der Waals surface area contributed by atoms with E-state index in [1.807, 2.05) is 6.92 Å². The van der Waals surface area contributed by atoms with Crippen LogP contribution >= 0.6 is 0 Å². The lowest BCUT2D eigenvalue weighted by Gasteiger charge is -2.19.